The lowest BCUT2D eigenvalue weighted by molar-refractivity contribution is -0.140. The zero-order valence-corrected chi connectivity index (χ0v) is 18.8. The van der Waals surface area contributed by atoms with Gasteiger partial charge in [0.05, 0.1) is 17.5 Å². The van der Waals surface area contributed by atoms with Crippen LogP contribution in [0.3, 0.4) is 0 Å². The van der Waals surface area contributed by atoms with Gasteiger partial charge in [-0.15, -0.1) is 0 Å². The van der Waals surface area contributed by atoms with Crippen LogP contribution in [0.2, 0.25) is 0 Å². The van der Waals surface area contributed by atoms with Crippen molar-refractivity contribution < 1.29 is 23.4 Å². The normalized spacial score (nSPS) is 27.1. The van der Waals surface area contributed by atoms with Crippen LogP contribution in [0.25, 0.3) is 0 Å². The van der Waals surface area contributed by atoms with Crippen molar-refractivity contribution in [2.75, 3.05) is 26.3 Å². The maximum absolute atomic E-state index is 14.1. The quantitative estimate of drug-likeness (QED) is 0.691. The molecule has 2 aromatic carbocycles. The first-order chi connectivity index (χ1) is 15.5. The maximum Gasteiger partial charge on any atom is 0.244 e. The zero-order valence-electron chi connectivity index (χ0n) is 18.0. The molecule has 2 saturated heterocycles. The molecular formula is C24H30N2O5S. The SMILES string of the molecule is O=C1N(CCO)CCCC[C@]12C[C@H](CO)[C@H](c1ccccc1)N2S(=O)(=O)c1ccccc1. The van der Waals surface area contributed by atoms with Crippen molar-refractivity contribution in [3.63, 3.8) is 0 Å². The number of β-amino-alcohol motifs (C(OH)–C–C–N with tert-alkyl or cyclic N) is 1. The molecule has 2 aliphatic rings. The number of aliphatic hydroxyl groups is 2. The Bertz CT molecular complexity index is 1030. The van der Waals surface area contributed by atoms with E-state index in [9.17, 15) is 23.4 Å². The molecule has 0 unspecified atom stereocenters. The van der Waals surface area contributed by atoms with Crippen molar-refractivity contribution in [2.24, 2.45) is 5.92 Å². The summed E-state index contributed by atoms with van der Waals surface area (Å²) in [5.41, 5.74) is -0.539. The summed E-state index contributed by atoms with van der Waals surface area (Å²) in [7, 11) is -4.06. The molecule has 2 aliphatic heterocycles. The molecule has 1 spiro atoms. The lowest BCUT2D eigenvalue weighted by atomic mass is 9.86. The van der Waals surface area contributed by atoms with Gasteiger partial charge in [0.1, 0.15) is 5.54 Å². The largest absolute Gasteiger partial charge is 0.396 e. The van der Waals surface area contributed by atoms with E-state index < -0.39 is 27.5 Å². The van der Waals surface area contributed by atoms with Gasteiger partial charge in [0.15, 0.2) is 0 Å². The summed E-state index contributed by atoms with van der Waals surface area (Å²) in [4.78, 5) is 15.6. The lowest BCUT2D eigenvalue weighted by Gasteiger charge is -2.40. The molecule has 32 heavy (non-hydrogen) atoms. The number of carbonyl (C=O) groups excluding carboxylic acids is 1. The van der Waals surface area contributed by atoms with Gasteiger partial charge in [-0.25, -0.2) is 8.42 Å². The molecule has 2 aromatic rings. The summed E-state index contributed by atoms with van der Waals surface area (Å²) < 4.78 is 29.6. The Morgan fingerprint density at radius 2 is 1.62 bits per heavy atom. The first-order valence-corrected chi connectivity index (χ1v) is 12.6. The van der Waals surface area contributed by atoms with Crippen LogP contribution < -0.4 is 0 Å². The van der Waals surface area contributed by atoms with Crippen molar-refractivity contribution >= 4 is 15.9 Å². The molecule has 0 saturated carbocycles. The van der Waals surface area contributed by atoms with Crippen LogP contribution >= 0.6 is 0 Å². The van der Waals surface area contributed by atoms with Gasteiger partial charge >= 0.3 is 0 Å². The highest BCUT2D eigenvalue weighted by molar-refractivity contribution is 7.89. The Balaban J connectivity index is 1.93. The Labute approximate surface area is 189 Å². The minimum Gasteiger partial charge on any atom is -0.396 e. The molecule has 4 rings (SSSR count). The van der Waals surface area contributed by atoms with Gasteiger partial charge in [-0.2, -0.15) is 4.31 Å². The summed E-state index contributed by atoms with van der Waals surface area (Å²) in [5, 5.41) is 19.8. The summed E-state index contributed by atoms with van der Waals surface area (Å²) in [6.45, 7) is 0.244. The number of likely N-dealkylation sites (tertiary alicyclic amines) is 1. The molecule has 1 amide bonds. The predicted molar refractivity (Wildman–Crippen MR) is 120 cm³/mol. The number of benzene rings is 2. The van der Waals surface area contributed by atoms with E-state index in [0.29, 0.717) is 19.4 Å². The molecule has 2 N–H and O–H groups in total. The summed E-state index contributed by atoms with van der Waals surface area (Å²) >= 11 is 0. The smallest absolute Gasteiger partial charge is 0.244 e. The van der Waals surface area contributed by atoms with Crippen LogP contribution in [0, 0.1) is 5.92 Å². The third kappa shape index (κ3) is 3.85. The Hall–Kier alpha value is -2.26. The number of sulfonamides is 1. The van der Waals surface area contributed by atoms with Gasteiger partial charge in [-0.3, -0.25) is 4.79 Å². The van der Waals surface area contributed by atoms with E-state index in [0.717, 1.165) is 12.0 Å². The highest BCUT2D eigenvalue weighted by Crippen LogP contribution is 2.53. The van der Waals surface area contributed by atoms with Crippen molar-refractivity contribution in [1.29, 1.82) is 0 Å². The second kappa shape index (κ2) is 9.31. The van der Waals surface area contributed by atoms with Crippen LogP contribution in [0.4, 0.5) is 0 Å². The molecule has 0 bridgehead atoms. The van der Waals surface area contributed by atoms with Gasteiger partial charge in [0, 0.05) is 25.6 Å². The third-order valence-corrected chi connectivity index (χ3v) is 8.68. The average Bonchev–Trinajstić information content (AvgIpc) is 3.10. The fourth-order valence-corrected chi connectivity index (χ4v) is 7.38. The van der Waals surface area contributed by atoms with Crippen LogP contribution in [-0.4, -0.2) is 65.6 Å². The molecular weight excluding hydrogens is 428 g/mol. The van der Waals surface area contributed by atoms with Gasteiger partial charge in [-0.1, -0.05) is 48.5 Å². The number of amides is 1. The molecule has 0 aliphatic carbocycles. The topological polar surface area (TPSA) is 98.2 Å². The molecule has 0 radical (unpaired) electrons. The van der Waals surface area contributed by atoms with Crippen molar-refractivity contribution in [2.45, 2.75) is 42.2 Å². The second-order valence-electron chi connectivity index (χ2n) is 8.62. The van der Waals surface area contributed by atoms with Gasteiger partial charge < -0.3 is 15.1 Å². The monoisotopic (exact) mass is 458 g/mol. The fourth-order valence-electron chi connectivity index (χ4n) is 5.35. The van der Waals surface area contributed by atoms with E-state index in [1.54, 1.807) is 35.2 Å². The van der Waals surface area contributed by atoms with E-state index in [4.69, 9.17) is 0 Å². The molecule has 7 nitrogen and oxygen atoms in total. The van der Waals surface area contributed by atoms with E-state index in [2.05, 4.69) is 0 Å². The van der Waals surface area contributed by atoms with E-state index in [-0.39, 0.29) is 37.0 Å². The Morgan fingerprint density at radius 1 is 0.969 bits per heavy atom. The lowest BCUT2D eigenvalue weighted by Crippen LogP contribution is -2.58. The summed E-state index contributed by atoms with van der Waals surface area (Å²) in [6.07, 6.45) is 2.07. The van der Waals surface area contributed by atoms with Crippen molar-refractivity contribution in [3.8, 4) is 0 Å². The minimum atomic E-state index is -4.06. The highest BCUT2D eigenvalue weighted by atomic mass is 32.2. The van der Waals surface area contributed by atoms with Gasteiger partial charge in [0.25, 0.3) is 0 Å². The summed E-state index contributed by atoms with van der Waals surface area (Å²) in [6, 6.07) is 16.8. The number of rotatable bonds is 6. The van der Waals surface area contributed by atoms with E-state index in [1.165, 1.54) is 4.31 Å². The second-order valence-corrected chi connectivity index (χ2v) is 10.4. The molecule has 8 heteroatoms. The molecule has 0 aromatic heterocycles. The Kier molecular flexibility index (Phi) is 6.67. The zero-order chi connectivity index (χ0) is 22.8. The van der Waals surface area contributed by atoms with E-state index >= 15 is 0 Å². The number of carbonyl (C=O) groups is 1. The molecule has 3 atom stereocenters. The molecule has 2 fully saturated rings. The first kappa shape index (κ1) is 22.9. The summed E-state index contributed by atoms with van der Waals surface area (Å²) in [5.74, 6) is -0.700. The van der Waals surface area contributed by atoms with Gasteiger partial charge in [0.2, 0.25) is 15.9 Å². The number of hydrogen-bond acceptors (Lipinski definition) is 5. The number of aliphatic hydroxyl groups excluding tert-OH is 2. The Morgan fingerprint density at radius 3 is 2.25 bits per heavy atom. The van der Waals surface area contributed by atoms with Crippen molar-refractivity contribution in [1.82, 2.24) is 9.21 Å². The van der Waals surface area contributed by atoms with Crippen LogP contribution in [0.15, 0.2) is 65.6 Å². The predicted octanol–water partition coefficient (Wildman–Crippen LogP) is 2.17. The van der Waals surface area contributed by atoms with Crippen LogP contribution in [-0.2, 0) is 14.8 Å². The first-order valence-electron chi connectivity index (χ1n) is 11.1. The minimum absolute atomic E-state index is 0.129. The average molecular weight is 459 g/mol. The fraction of sp³-hybridized carbons (Fsp3) is 0.458. The third-order valence-electron chi connectivity index (χ3n) is 6.72. The van der Waals surface area contributed by atoms with E-state index in [1.807, 2.05) is 30.3 Å². The van der Waals surface area contributed by atoms with Gasteiger partial charge in [-0.05, 0) is 43.4 Å². The number of hydrogen-bond donors (Lipinski definition) is 2. The van der Waals surface area contributed by atoms with Crippen LogP contribution in [0.1, 0.15) is 37.3 Å². The standard InChI is InChI=1S/C24H30N2O5S/c27-16-15-25-14-8-7-13-24(23(25)29)17-20(18-28)22(19-9-3-1-4-10-19)26(24)32(30,31)21-11-5-2-6-12-21/h1-6,9-12,20,22,27-28H,7-8,13-18H2/t20-,22+,24+/m1/s1. The molecule has 172 valence electrons. The maximum atomic E-state index is 14.1. The van der Waals surface area contributed by atoms with Crippen LogP contribution in [0.5, 0.6) is 0 Å². The van der Waals surface area contributed by atoms with Crippen molar-refractivity contribution in [3.05, 3.63) is 66.2 Å². The molecule has 2 heterocycles. The number of nitrogens with zero attached hydrogens (tertiary/aromatic N) is 2. The highest BCUT2D eigenvalue weighted by Gasteiger charge is 2.61.